The first-order valence-electron chi connectivity index (χ1n) is 7.43. The lowest BCUT2D eigenvalue weighted by Crippen LogP contribution is -2.40. The molecule has 2 amide bonds. The normalized spacial score (nSPS) is 17.8. The van der Waals surface area contributed by atoms with Crippen LogP contribution in [0.4, 0.5) is 0 Å². The van der Waals surface area contributed by atoms with Crippen LogP contribution < -0.4 is 5.32 Å². The molecule has 1 saturated heterocycles. The Hall–Kier alpha value is -1.63. The predicted molar refractivity (Wildman–Crippen MR) is 75.7 cm³/mol. The maximum atomic E-state index is 11.9. The van der Waals surface area contributed by atoms with Gasteiger partial charge >= 0.3 is 5.97 Å². The summed E-state index contributed by atoms with van der Waals surface area (Å²) in [5.41, 5.74) is 0. The number of carboxylic acid groups (broad SMARTS) is 1. The van der Waals surface area contributed by atoms with Crippen LogP contribution in [-0.4, -0.2) is 60.1 Å². The average molecular weight is 300 g/mol. The quantitative estimate of drug-likeness (QED) is 0.600. The summed E-state index contributed by atoms with van der Waals surface area (Å²) in [5.74, 6) is -1.42. The molecule has 0 aromatic rings. The van der Waals surface area contributed by atoms with Gasteiger partial charge in [-0.1, -0.05) is 0 Å². The van der Waals surface area contributed by atoms with Crippen molar-refractivity contribution in [2.45, 2.75) is 45.1 Å². The molecule has 1 heterocycles. The van der Waals surface area contributed by atoms with E-state index in [1.54, 1.807) is 0 Å². The van der Waals surface area contributed by atoms with E-state index in [2.05, 4.69) is 5.32 Å². The van der Waals surface area contributed by atoms with Gasteiger partial charge in [0.15, 0.2) is 0 Å². The average Bonchev–Trinajstić information content (AvgIpc) is 2.94. The van der Waals surface area contributed by atoms with E-state index < -0.39 is 12.0 Å². The second-order valence-corrected chi connectivity index (χ2v) is 4.98. The Bertz CT molecular complexity index is 372. The van der Waals surface area contributed by atoms with Crippen LogP contribution in [0.2, 0.25) is 0 Å². The minimum absolute atomic E-state index is 0.0566. The molecular formula is C14H24N2O5. The van der Waals surface area contributed by atoms with E-state index in [0.29, 0.717) is 39.1 Å². The summed E-state index contributed by atoms with van der Waals surface area (Å²) < 4.78 is 5.15. The molecule has 2 N–H and O–H groups in total. The van der Waals surface area contributed by atoms with Crippen molar-refractivity contribution < 1.29 is 24.2 Å². The molecule has 1 fully saturated rings. The van der Waals surface area contributed by atoms with Gasteiger partial charge in [0, 0.05) is 39.1 Å². The van der Waals surface area contributed by atoms with Crippen molar-refractivity contribution in [2.75, 3.05) is 26.3 Å². The third-order valence-electron chi connectivity index (χ3n) is 3.42. The van der Waals surface area contributed by atoms with E-state index in [0.717, 1.165) is 6.42 Å². The molecule has 1 atom stereocenters. The topological polar surface area (TPSA) is 95.9 Å². The van der Waals surface area contributed by atoms with E-state index in [9.17, 15) is 14.4 Å². The Morgan fingerprint density at radius 3 is 2.76 bits per heavy atom. The smallest absolute Gasteiger partial charge is 0.326 e. The van der Waals surface area contributed by atoms with Crippen molar-refractivity contribution in [3.8, 4) is 0 Å². The number of carbonyl (C=O) groups is 3. The number of aliphatic carboxylic acids is 1. The van der Waals surface area contributed by atoms with Gasteiger partial charge in [-0.15, -0.1) is 0 Å². The van der Waals surface area contributed by atoms with Crippen LogP contribution >= 0.6 is 0 Å². The van der Waals surface area contributed by atoms with Crippen molar-refractivity contribution >= 4 is 17.8 Å². The van der Waals surface area contributed by atoms with Crippen LogP contribution in [-0.2, 0) is 19.1 Å². The van der Waals surface area contributed by atoms with Gasteiger partial charge in [-0.3, -0.25) is 9.59 Å². The fraction of sp³-hybridized carbons (Fsp3) is 0.786. The molecule has 7 nitrogen and oxygen atoms in total. The second kappa shape index (κ2) is 9.33. The molecule has 7 heteroatoms. The zero-order valence-corrected chi connectivity index (χ0v) is 12.5. The van der Waals surface area contributed by atoms with Gasteiger partial charge in [0.05, 0.1) is 0 Å². The largest absolute Gasteiger partial charge is 0.480 e. The number of nitrogens with one attached hydrogen (secondary N) is 1. The summed E-state index contributed by atoms with van der Waals surface area (Å²) in [7, 11) is 0. The van der Waals surface area contributed by atoms with Gasteiger partial charge in [0.2, 0.25) is 11.8 Å². The summed E-state index contributed by atoms with van der Waals surface area (Å²) in [6.45, 7) is 4.15. The van der Waals surface area contributed by atoms with Crippen molar-refractivity contribution in [3.05, 3.63) is 0 Å². The molecule has 0 aliphatic carbocycles. The zero-order chi connectivity index (χ0) is 15.7. The molecule has 0 radical (unpaired) electrons. The predicted octanol–water partition coefficient (Wildman–Crippen LogP) is 0.385. The van der Waals surface area contributed by atoms with Gasteiger partial charge in [-0.05, 0) is 26.2 Å². The lowest BCUT2D eigenvalue weighted by atomic mass is 10.2. The Labute approximate surface area is 124 Å². The minimum Gasteiger partial charge on any atom is -0.480 e. The van der Waals surface area contributed by atoms with Crippen molar-refractivity contribution in [3.63, 3.8) is 0 Å². The summed E-state index contributed by atoms with van der Waals surface area (Å²) in [4.78, 5) is 35.9. The minimum atomic E-state index is -0.971. The van der Waals surface area contributed by atoms with Gasteiger partial charge < -0.3 is 20.1 Å². The number of carbonyl (C=O) groups excluding carboxylic acids is 2. The molecule has 1 aliphatic heterocycles. The summed E-state index contributed by atoms with van der Waals surface area (Å²) in [6.07, 6.45) is 2.08. The molecule has 0 spiro atoms. The standard InChI is InChI=1S/C14H24N2O5/c1-2-21-10-4-8-15-12(17)6-7-13(18)16-9-3-5-11(16)14(19)20/h11H,2-10H2,1H3,(H,15,17)(H,19,20). The molecule has 1 aliphatic rings. The molecule has 0 saturated carbocycles. The van der Waals surface area contributed by atoms with E-state index in [1.807, 2.05) is 6.92 Å². The lowest BCUT2D eigenvalue weighted by molar-refractivity contribution is -0.148. The highest BCUT2D eigenvalue weighted by Gasteiger charge is 2.33. The van der Waals surface area contributed by atoms with Crippen LogP contribution in [0.3, 0.4) is 0 Å². The molecule has 1 unspecified atom stereocenters. The Morgan fingerprint density at radius 1 is 1.33 bits per heavy atom. The number of nitrogens with zero attached hydrogens (tertiary/aromatic N) is 1. The number of ether oxygens (including phenoxy) is 1. The third-order valence-corrected chi connectivity index (χ3v) is 3.42. The lowest BCUT2D eigenvalue weighted by Gasteiger charge is -2.21. The molecule has 0 aromatic carbocycles. The first-order valence-corrected chi connectivity index (χ1v) is 7.43. The molecule has 0 bridgehead atoms. The van der Waals surface area contributed by atoms with Crippen LogP contribution in [0.5, 0.6) is 0 Å². The van der Waals surface area contributed by atoms with Crippen LogP contribution in [0.25, 0.3) is 0 Å². The highest BCUT2D eigenvalue weighted by Crippen LogP contribution is 2.18. The number of likely N-dealkylation sites (tertiary alicyclic amines) is 1. The number of amides is 2. The van der Waals surface area contributed by atoms with E-state index in [-0.39, 0.29) is 24.7 Å². The van der Waals surface area contributed by atoms with E-state index >= 15 is 0 Å². The summed E-state index contributed by atoms with van der Waals surface area (Å²) in [6, 6.07) is -0.730. The maximum absolute atomic E-state index is 11.9. The van der Waals surface area contributed by atoms with Gasteiger partial charge in [-0.25, -0.2) is 4.79 Å². The summed E-state index contributed by atoms with van der Waals surface area (Å²) >= 11 is 0. The van der Waals surface area contributed by atoms with Crippen LogP contribution in [0.15, 0.2) is 0 Å². The second-order valence-electron chi connectivity index (χ2n) is 4.98. The molecule has 0 aromatic heterocycles. The first kappa shape index (κ1) is 17.4. The Morgan fingerprint density at radius 2 is 2.10 bits per heavy atom. The van der Waals surface area contributed by atoms with Crippen molar-refractivity contribution in [1.29, 1.82) is 0 Å². The monoisotopic (exact) mass is 300 g/mol. The number of rotatable bonds is 9. The molecule has 1 rings (SSSR count). The van der Waals surface area contributed by atoms with E-state index in [4.69, 9.17) is 9.84 Å². The number of carboxylic acids is 1. The Balaban J connectivity index is 2.20. The fourth-order valence-electron chi connectivity index (χ4n) is 2.32. The Kier molecular flexibility index (Phi) is 7.74. The molecular weight excluding hydrogens is 276 g/mol. The van der Waals surface area contributed by atoms with Gasteiger partial charge in [-0.2, -0.15) is 0 Å². The summed E-state index contributed by atoms with van der Waals surface area (Å²) in [5, 5.41) is 11.7. The molecule has 21 heavy (non-hydrogen) atoms. The van der Waals surface area contributed by atoms with E-state index in [1.165, 1.54) is 4.90 Å². The highest BCUT2D eigenvalue weighted by molar-refractivity contribution is 5.87. The van der Waals surface area contributed by atoms with Crippen LogP contribution in [0.1, 0.15) is 39.0 Å². The van der Waals surface area contributed by atoms with Gasteiger partial charge in [0.1, 0.15) is 6.04 Å². The number of hydrogen-bond donors (Lipinski definition) is 2. The zero-order valence-electron chi connectivity index (χ0n) is 12.5. The third kappa shape index (κ3) is 6.12. The van der Waals surface area contributed by atoms with Gasteiger partial charge in [0.25, 0.3) is 0 Å². The van der Waals surface area contributed by atoms with Crippen molar-refractivity contribution in [1.82, 2.24) is 10.2 Å². The molecule has 120 valence electrons. The maximum Gasteiger partial charge on any atom is 0.326 e. The highest BCUT2D eigenvalue weighted by atomic mass is 16.5. The van der Waals surface area contributed by atoms with Crippen LogP contribution in [0, 0.1) is 0 Å². The first-order chi connectivity index (χ1) is 10.1. The van der Waals surface area contributed by atoms with Crippen molar-refractivity contribution in [2.24, 2.45) is 0 Å². The number of hydrogen-bond acceptors (Lipinski definition) is 4. The SMILES string of the molecule is CCOCCCNC(=O)CCC(=O)N1CCCC1C(=O)O. The fourth-order valence-corrected chi connectivity index (χ4v) is 2.32.